The largest absolute Gasteiger partial charge is 0.468 e. The zero-order chi connectivity index (χ0) is 23.6. The van der Waals surface area contributed by atoms with E-state index in [9.17, 15) is 9.59 Å². The summed E-state index contributed by atoms with van der Waals surface area (Å²) in [7, 11) is 1.42. The summed E-state index contributed by atoms with van der Waals surface area (Å²) < 4.78 is 16.1. The second-order valence-corrected chi connectivity index (χ2v) is 10.8. The van der Waals surface area contributed by atoms with E-state index in [-0.39, 0.29) is 18.1 Å². The maximum absolute atomic E-state index is 13.1. The monoisotopic (exact) mass is 458 g/mol. The van der Waals surface area contributed by atoms with Gasteiger partial charge in [0.05, 0.1) is 26.4 Å². The molecule has 182 valence electrons. The van der Waals surface area contributed by atoms with Crippen molar-refractivity contribution in [2.24, 2.45) is 5.92 Å². The smallest absolute Gasteiger partial charge is 0.410 e. The highest BCUT2D eigenvalue weighted by molar-refractivity contribution is 5.84. The van der Waals surface area contributed by atoms with Gasteiger partial charge in [0.25, 0.3) is 0 Å². The first kappa shape index (κ1) is 23.9. The summed E-state index contributed by atoms with van der Waals surface area (Å²) in [5.74, 6) is 0.343. The number of methoxy groups -OCH3 is 1. The summed E-state index contributed by atoms with van der Waals surface area (Å²) in [6.45, 7) is 9.02. The Morgan fingerprint density at radius 3 is 2.33 bits per heavy atom. The van der Waals surface area contributed by atoms with Crippen LogP contribution in [-0.4, -0.2) is 68.6 Å². The zero-order valence-electron chi connectivity index (χ0n) is 20.5. The molecule has 0 spiro atoms. The molecule has 1 aliphatic carbocycles. The molecule has 0 unspecified atom stereocenters. The molecule has 33 heavy (non-hydrogen) atoms. The Morgan fingerprint density at radius 2 is 1.82 bits per heavy atom. The number of esters is 1. The number of anilines is 1. The molecule has 2 saturated heterocycles. The van der Waals surface area contributed by atoms with E-state index in [0.29, 0.717) is 19.1 Å². The molecule has 1 amide bonds. The highest BCUT2D eigenvalue weighted by Gasteiger charge is 2.48. The van der Waals surface area contributed by atoms with Crippen molar-refractivity contribution in [3.8, 4) is 0 Å². The maximum atomic E-state index is 13.1. The average molecular weight is 459 g/mol. The Hall–Kier alpha value is -2.28. The van der Waals surface area contributed by atoms with E-state index in [1.807, 2.05) is 37.8 Å². The number of ether oxygens (including phenoxy) is 3. The van der Waals surface area contributed by atoms with Gasteiger partial charge in [-0.1, -0.05) is 18.6 Å². The van der Waals surface area contributed by atoms with Crippen molar-refractivity contribution in [3.05, 3.63) is 29.8 Å². The van der Waals surface area contributed by atoms with Crippen LogP contribution in [-0.2, 0) is 24.4 Å². The number of carbonyl (C=O) groups excluding carboxylic acids is 2. The molecule has 1 saturated carbocycles. The molecule has 1 atom stereocenters. The summed E-state index contributed by atoms with van der Waals surface area (Å²) in [5.41, 5.74) is 0.850. The average Bonchev–Trinajstić information content (AvgIpc) is 2.71. The molecule has 7 heteroatoms. The third kappa shape index (κ3) is 5.13. The van der Waals surface area contributed by atoms with Gasteiger partial charge in [-0.25, -0.2) is 4.79 Å². The summed E-state index contributed by atoms with van der Waals surface area (Å²) in [5, 5.41) is 0. The molecule has 0 radical (unpaired) electrons. The standard InChI is InChI=1S/C26H38N2O5/c1-25(2,3)33-24(30)28(15-19-7-5-8-19)22-9-6-14-27(16-22)21-12-10-20(11-13-21)26(17-32-18-26)23(29)31-4/h10-13,19,22H,5-9,14-18H2,1-4H3/t22-/m1/s1. The van der Waals surface area contributed by atoms with Gasteiger partial charge in [0.1, 0.15) is 11.0 Å². The van der Waals surface area contributed by atoms with Crippen LogP contribution in [0.1, 0.15) is 58.4 Å². The first-order valence-electron chi connectivity index (χ1n) is 12.2. The van der Waals surface area contributed by atoms with Crippen LogP contribution in [0.25, 0.3) is 0 Å². The number of hydrogen-bond acceptors (Lipinski definition) is 6. The lowest BCUT2D eigenvalue weighted by atomic mass is 9.78. The first-order valence-corrected chi connectivity index (χ1v) is 12.2. The van der Waals surface area contributed by atoms with Crippen molar-refractivity contribution in [3.63, 3.8) is 0 Å². The van der Waals surface area contributed by atoms with E-state index in [1.54, 1.807) is 0 Å². The van der Waals surface area contributed by atoms with Gasteiger partial charge in [-0.3, -0.25) is 4.79 Å². The molecule has 2 heterocycles. The van der Waals surface area contributed by atoms with Gasteiger partial charge in [0.15, 0.2) is 0 Å². The van der Waals surface area contributed by atoms with E-state index >= 15 is 0 Å². The molecule has 0 aromatic heterocycles. The van der Waals surface area contributed by atoms with Gasteiger partial charge < -0.3 is 24.0 Å². The van der Waals surface area contributed by atoms with Crippen molar-refractivity contribution < 1.29 is 23.8 Å². The summed E-state index contributed by atoms with van der Waals surface area (Å²) in [6, 6.07) is 8.31. The Labute approximate surface area is 197 Å². The lowest BCUT2D eigenvalue weighted by molar-refractivity contribution is -0.166. The zero-order valence-corrected chi connectivity index (χ0v) is 20.5. The van der Waals surface area contributed by atoms with E-state index in [0.717, 1.165) is 43.7 Å². The summed E-state index contributed by atoms with van der Waals surface area (Å²) in [4.78, 5) is 29.8. The van der Waals surface area contributed by atoms with E-state index in [4.69, 9.17) is 14.2 Å². The molecule has 1 aromatic carbocycles. The third-order valence-electron chi connectivity index (χ3n) is 7.20. The molecule has 0 N–H and O–H groups in total. The fourth-order valence-electron chi connectivity index (χ4n) is 4.99. The quantitative estimate of drug-likeness (QED) is 0.597. The Morgan fingerprint density at radius 1 is 1.12 bits per heavy atom. The topological polar surface area (TPSA) is 68.3 Å². The number of amides is 1. The Balaban J connectivity index is 1.47. The predicted molar refractivity (Wildman–Crippen MR) is 126 cm³/mol. The van der Waals surface area contributed by atoms with Gasteiger partial charge in [-0.15, -0.1) is 0 Å². The summed E-state index contributed by atoms with van der Waals surface area (Å²) in [6.07, 6.45) is 5.47. The minimum Gasteiger partial charge on any atom is -0.468 e. The highest BCUT2D eigenvalue weighted by Crippen LogP contribution is 2.35. The maximum Gasteiger partial charge on any atom is 0.410 e. The minimum atomic E-state index is -0.687. The lowest BCUT2D eigenvalue weighted by Gasteiger charge is -2.43. The van der Waals surface area contributed by atoms with Gasteiger partial charge in [0, 0.05) is 25.3 Å². The fourth-order valence-corrected chi connectivity index (χ4v) is 4.99. The van der Waals surface area contributed by atoms with Gasteiger partial charge in [-0.05, 0) is 70.1 Å². The van der Waals surface area contributed by atoms with Crippen molar-refractivity contribution in [1.82, 2.24) is 4.90 Å². The van der Waals surface area contributed by atoms with Crippen LogP contribution in [0.4, 0.5) is 10.5 Å². The first-order chi connectivity index (χ1) is 15.7. The fraction of sp³-hybridized carbons (Fsp3) is 0.692. The second kappa shape index (κ2) is 9.53. The third-order valence-corrected chi connectivity index (χ3v) is 7.20. The molecule has 3 fully saturated rings. The molecule has 3 aliphatic rings. The molecule has 4 rings (SSSR count). The van der Waals surface area contributed by atoms with Crippen molar-refractivity contribution in [2.45, 2.75) is 69.9 Å². The molecule has 2 aliphatic heterocycles. The van der Waals surface area contributed by atoms with Crippen LogP contribution >= 0.6 is 0 Å². The number of nitrogens with zero attached hydrogens (tertiary/aromatic N) is 2. The molecule has 0 bridgehead atoms. The predicted octanol–water partition coefficient (Wildman–Crippen LogP) is 4.13. The molecule has 7 nitrogen and oxygen atoms in total. The van der Waals surface area contributed by atoms with Crippen LogP contribution in [0.15, 0.2) is 24.3 Å². The van der Waals surface area contributed by atoms with Crippen molar-refractivity contribution in [1.29, 1.82) is 0 Å². The van der Waals surface area contributed by atoms with E-state index < -0.39 is 11.0 Å². The molecule has 1 aromatic rings. The number of hydrogen-bond donors (Lipinski definition) is 0. The van der Waals surface area contributed by atoms with Crippen LogP contribution in [0.2, 0.25) is 0 Å². The second-order valence-electron chi connectivity index (χ2n) is 10.8. The van der Waals surface area contributed by atoms with E-state index in [2.05, 4.69) is 17.0 Å². The lowest BCUT2D eigenvalue weighted by Crippen LogP contribution is -2.54. The van der Waals surface area contributed by atoms with Crippen LogP contribution in [0.3, 0.4) is 0 Å². The van der Waals surface area contributed by atoms with Gasteiger partial charge in [0.2, 0.25) is 0 Å². The Bertz CT molecular complexity index is 839. The van der Waals surface area contributed by atoms with E-state index in [1.165, 1.54) is 26.4 Å². The van der Waals surface area contributed by atoms with Crippen LogP contribution < -0.4 is 4.90 Å². The number of carbonyl (C=O) groups is 2. The van der Waals surface area contributed by atoms with Crippen LogP contribution in [0, 0.1) is 5.92 Å². The molecular formula is C26H38N2O5. The molecular weight excluding hydrogens is 420 g/mol. The van der Waals surface area contributed by atoms with Crippen molar-refractivity contribution in [2.75, 3.05) is 44.9 Å². The van der Waals surface area contributed by atoms with Crippen molar-refractivity contribution >= 4 is 17.7 Å². The number of benzene rings is 1. The van der Waals surface area contributed by atoms with Gasteiger partial charge in [-0.2, -0.15) is 0 Å². The highest BCUT2D eigenvalue weighted by atomic mass is 16.6. The minimum absolute atomic E-state index is 0.135. The van der Waals surface area contributed by atoms with Crippen LogP contribution in [0.5, 0.6) is 0 Å². The normalized spacial score (nSPS) is 22.7. The number of piperidine rings is 1. The SMILES string of the molecule is COC(=O)C1(c2ccc(N3CCC[C@@H](N(CC4CCC4)C(=O)OC(C)(C)C)C3)cc2)COC1. The Kier molecular flexibility index (Phi) is 6.89. The number of rotatable bonds is 6. The van der Waals surface area contributed by atoms with Gasteiger partial charge >= 0.3 is 12.1 Å². The summed E-state index contributed by atoms with van der Waals surface area (Å²) >= 11 is 0.